The van der Waals surface area contributed by atoms with Crippen LogP contribution in [0.3, 0.4) is 0 Å². The summed E-state index contributed by atoms with van der Waals surface area (Å²) in [5.74, 6) is -1.51. The van der Waals surface area contributed by atoms with E-state index in [1.54, 1.807) is 6.07 Å². The van der Waals surface area contributed by atoms with Crippen molar-refractivity contribution in [3.8, 4) is 6.07 Å². The number of aliphatic hydroxyl groups is 1. The number of hydrogen-bond acceptors (Lipinski definition) is 7. The Bertz CT molecular complexity index is 1050. The third-order valence-corrected chi connectivity index (χ3v) is 4.14. The number of amides is 1. The number of aromatic nitrogens is 1. The monoisotopic (exact) mass is 482 g/mol. The van der Waals surface area contributed by atoms with Gasteiger partial charge >= 0.3 is 5.91 Å². The third kappa shape index (κ3) is 4.00. The summed E-state index contributed by atoms with van der Waals surface area (Å²) in [6.07, 6.45) is 2.70. The largest absolute Gasteiger partial charge is 0.447 e. The van der Waals surface area contributed by atoms with Gasteiger partial charge in [0.15, 0.2) is 5.58 Å². The summed E-state index contributed by atoms with van der Waals surface area (Å²) >= 11 is 1.98. The van der Waals surface area contributed by atoms with E-state index in [0.29, 0.717) is 8.96 Å². The standard InChI is InChI=1S/C17H12FIN4O4/c18-12-5-10(19)1-2-13(12)22-14-11-8-21-7-9(6-20)15(11)27-16(14)17(25)23-26-4-3-24/h1-2,5,7-8,22,24H,3-4H2,(H,23,25). The SMILES string of the molecule is N#Cc1cncc2c(Nc3ccc(I)cc3F)c(C(=O)NOCCO)oc12. The number of pyridine rings is 1. The number of carbonyl (C=O) groups is 1. The van der Waals surface area contributed by atoms with Crippen LogP contribution in [-0.4, -0.2) is 29.2 Å². The van der Waals surface area contributed by atoms with Gasteiger partial charge < -0.3 is 14.8 Å². The van der Waals surface area contributed by atoms with Crippen LogP contribution in [0.2, 0.25) is 0 Å². The fourth-order valence-corrected chi connectivity index (χ4v) is 2.76. The number of aliphatic hydroxyl groups excluding tert-OH is 1. The highest BCUT2D eigenvalue weighted by Gasteiger charge is 2.24. The second-order valence-corrected chi connectivity index (χ2v) is 6.48. The van der Waals surface area contributed by atoms with Gasteiger partial charge in [0, 0.05) is 16.0 Å². The minimum absolute atomic E-state index is 0.116. The highest BCUT2D eigenvalue weighted by molar-refractivity contribution is 14.1. The summed E-state index contributed by atoms with van der Waals surface area (Å²) in [6, 6.07) is 6.46. The van der Waals surface area contributed by atoms with E-state index in [2.05, 4.69) is 15.8 Å². The van der Waals surface area contributed by atoms with Crippen molar-refractivity contribution < 1.29 is 23.5 Å². The number of nitrogens with one attached hydrogen (secondary N) is 2. The first-order chi connectivity index (χ1) is 13.0. The van der Waals surface area contributed by atoms with Crippen molar-refractivity contribution >= 4 is 50.8 Å². The van der Waals surface area contributed by atoms with Crippen molar-refractivity contribution in [1.29, 1.82) is 5.26 Å². The molecule has 138 valence electrons. The zero-order valence-electron chi connectivity index (χ0n) is 13.6. The molecule has 0 saturated carbocycles. The number of hydrogen-bond donors (Lipinski definition) is 3. The quantitative estimate of drug-likeness (QED) is 0.281. The lowest BCUT2D eigenvalue weighted by Crippen LogP contribution is -2.25. The number of fused-ring (bicyclic) bond motifs is 1. The number of carbonyl (C=O) groups excluding carboxylic acids is 1. The van der Waals surface area contributed by atoms with Gasteiger partial charge in [0.25, 0.3) is 0 Å². The molecule has 3 aromatic rings. The number of anilines is 2. The molecule has 3 rings (SSSR count). The summed E-state index contributed by atoms with van der Waals surface area (Å²) < 4.78 is 20.5. The van der Waals surface area contributed by atoms with Gasteiger partial charge in [-0.3, -0.25) is 14.6 Å². The maximum Gasteiger partial charge on any atom is 0.312 e. The highest BCUT2D eigenvalue weighted by atomic mass is 127. The van der Waals surface area contributed by atoms with E-state index in [0.717, 1.165) is 0 Å². The molecule has 0 aliphatic rings. The third-order valence-electron chi connectivity index (χ3n) is 3.47. The topological polar surface area (TPSA) is 120 Å². The first-order valence-electron chi connectivity index (χ1n) is 7.60. The minimum Gasteiger partial charge on any atom is -0.447 e. The van der Waals surface area contributed by atoms with E-state index in [4.69, 9.17) is 14.4 Å². The maximum atomic E-state index is 14.3. The van der Waals surface area contributed by atoms with Gasteiger partial charge in [0.05, 0.1) is 24.3 Å². The van der Waals surface area contributed by atoms with Crippen LogP contribution >= 0.6 is 22.6 Å². The summed E-state index contributed by atoms with van der Waals surface area (Å²) in [6.45, 7) is -0.409. The Morgan fingerprint density at radius 1 is 1.44 bits per heavy atom. The van der Waals surface area contributed by atoms with Crippen LogP contribution in [0.5, 0.6) is 0 Å². The lowest BCUT2D eigenvalue weighted by molar-refractivity contribution is 0.0152. The fourth-order valence-electron chi connectivity index (χ4n) is 2.31. The number of benzene rings is 1. The number of rotatable bonds is 6. The summed E-state index contributed by atoms with van der Waals surface area (Å²) in [7, 11) is 0. The Morgan fingerprint density at radius 3 is 2.96 bits per heavy atom. The van der Waals surface area contributed by atoms with Gasteiger partial charge in [-0.2, -0.15) is 5.26 Å². The van der Waals surface area contributed by atoms with Crippen LogP contribution < -0.4 is 10.8 Å². The van der Waals surface area contributed by atoms with Crippen molar-refractivity contribution in [2.75, 3.05) is 18.5 Å². The predicted molar refractivity (Wildman–Crippen MR) is 102 cm³/mol. The summed E-state index contributed by atoms with van der Waals surface area (Å²) in [5.41, 5.74) is 2.62. The van der Waals surface area contributed by atoms with Crippen LogP contribution in [0.4, 0.5) is 15.8 Å². The molecule has 2 aromatic heterocycles. The van der Waals surface area contributed by atoms with E-state index < -0.39 is 11.7 Å². The number of furan rings is 1. The van der Waals surface area contributed by atoms with E-state index in [9.17, 15) is 14.4 Å². The van der Waals surface area contributed by atoms with Crippen molar-refractivity contribution in [1.82, 2.24) is 10.5 Å². The van der Waals surface area contributed by atoms with Gasteiger partial charge in [-0.05, 0) is 40.8 Å². The molecule has 0 saturated heterocycles. The van der Waals surface area contributed by atoms with Crippen molar-refractivity contribution in [2.45, 2.75) is 0 Å². The van der Waals surface area contributed by atoms with Gasteiger partial charge in [-0.25, -0.2) is 9.87 Å². The first-order valence-corrected chi connectivity index (χ1v) is 8.68. The average Bonchev–Trinajstić information content (AvgIpc) is 3.03. The molecule has 27 heavy (non-hydrogen) atoms. The van der Waals surface area contributed by atoms with Crippen molar-refractivity contribution in [3.05, 3.63) is 51.3 Å². The van der Waals surface area contributed by atoms with E-state index in [1.807, 2.05) is 28.7 Å². The Balaban J connectivity index is 2.09. The Kier molecular flexibility index (Phi) is 5.84. The van der Waals surface area contributed by atoms with Gasteiger partial charge in [-0.1, -0.05) is 0 Å². The molecule has 0 spiro atoms. The highest BCUT2D eigenvalue weighted by Crippen LogP contribution is 2.35. The van der Waals surface area contributed by atoms with Crippen LogP contribution in [0.15, 0.2) is 35.0 Å². The molecule has 0 aliphatic heterocycles. The van der Waals surface area contributed by atoms with Gasteiger partial charge in [0.2, 0.25) is 5.76 Å². The predicted octanol–water partition coefficient (Wildman–Crippen LogP) is 2.84. The molecule has 10 heteroatoms. The lowest BCUT2D eigenvalue weighted by atomic mass is 10.2. The molecule has 1 amide bonds. The number of nitrogens with zero attached hydrogens (tertiary/aromatic N) is 2. The minimum atomic E-state index is -0.767. The zero-order chi connectivity index (χ0) is 19.4. The molecule has 2 heterocycles. The average molecular weight is 482 g/mol. The number of halogens is 2. The first kappa shape index (κ1) is 19.0. The van der Waals surface area contributed by atoms with Crippen LogP contribution in [0, 0.1) is 20.7 Å². The van der Waals surface area contributed by atoms with E-state index in [-0.39, 0.29) is 41.5 Å². The molecule has 0 radical (unpaired) electrons. The molecule has 3 N–H and O–H groups in total. The molecule has 0 fully saturated rings. The van der Waals surface area contributed by atoms with Crippen LogP contribution in [0.1, 0.15) is 16.1 Å². The Morgan fingerprint density at radius 2 is 2.26 bits per heavy atom. The molecule has 0 atom stereocenters. The normalized spacial score (nSPS) is 10.6. The number of nitriles is 1. The van der Waals surface area contributed by atoms with Crippen molar-refractivity contribution in [3.63, 3.8) is 0 Å². The van der Waals surface area contributed by atoms with E-state index >= 15 is 0 Å². The second kappa shape index (κ2) is 8.30. The number of hydroxylamine groups is 1. The molecule has 1 aromatic carbocycles. The summed E-state index contributed by atoms with van der Waals surface area (Å²) in [5, 5.41) is 21.1. The zero-order valence-corrected chi connectivity index (χ0v) is 15.8. The molecule has 0 aliphatic carbocycles. The molecule has 0 unspecified atom stereocenters. The molecule has 8 nitrogen and oxygen atoms in total. The Labute approximate surface area is 166 Å². The molecule has 0 bridgehead atoms. The van der Waals surface area contributed by atoms with E-state index in [1.165, 1.54) is 24.5 Å². The lowest BCUT2D eigenvalue weighted by Gasteiger charge is -2.09. The van der Waals surface area contributed by atoms with Gasteiger partial charge in [-0.15, -0.1) is 0 Å². The molecular formula is C17H12FIN4O4. The smallest absolute Gasteiger partial charge is 0.312 e. The summed E-state index contributed by atoms with van der Waals surface area (Å²) in [4.78, 5) is 21.1. The van der Waals surface area contributed by atoms with Crippen LogP contribution in [0.25, 0.3) is 11.0 Å². The van der Waals surface area contributed by atoms with Crippen LogP contribution in [-0.2, 0) is 4.84 Å². The van der Waals surface area contributed by atoms with Crippen molar-refractivity contribution in [2.24, 2.45) is 0 Å². The fraction of sp³-hybridized carbons (Fsp3) is 0.118. The maximum absolute atomic E-state index is 14.3. The van der Waals surface area contributed by atoms with Gasteiger partial charge in [0.1, 0.15) is 23.1 Å². The second-order valence-electron chi connectivity index (χ2n) is 5.23. The Hall–Kier alpha value is -2.75. The molecular weight excluding hydrogens is 470 g/mol.